The number of carbonyl (C=O) groups is 3. The highest BCUT2D eigenvalue weighted by molar-refractivity contribution is 7.47. The van der Waals surface area contributed by atoms with Crippen LogP contribution in [-0.4, -0.2) is 66.5 Å². The lowest BCUT2D eigenvalue weighted by Crippen LogP contribution is -2.30. The zero-order chi connectivity index (χ0) is 49.9. The number of aliphatic hydroxyl groups excluding tert-OH is 1. The molecule has 0 heterocycles. The summed E-state index contributed by atoms with van der Waals surface area (Å²) in [4.78, 5) is 48.3. The van der Waals surface area contributed by atoms with Gasteiger partial charge in [0.1, 0.15) is 12.7 Å². The molecule has 3 unspecified atom stereocenters. The first-order valence-electron chi connectivity index (χ1n) is 28.2. The molecular formula is C56H105O11P. The molecule has 3 atom stereocenters. The molecule has 0 fully saturated rings. The predicted octanol–water partition coefficient (Wildman–Crippen LogP) is 16.3. The number of carbonyl (C=O) groups excluding carboxylic acids is 3. The van der Waals surface area contributed by atoms with Crippen LogP contribution in [0, 0.1) is 0 Å². The van der Waals surface area contributed by atoms with Crippen LogP contribution < -0.4 is 0 Å². The van der Waals surface area contributed by atoms with Crippen molar-refractivity contribution in [2.24, 2.45) is 0 Å². The van der Waals surface area contributed by atoms with Crippen molar-refractivity contribution in [2.45, 2.75) is 290 Å². The molecule has 68 heavy (non-hydrogen) atoms. The normalized spacial score (nSPS) is 13.5. The molecule has 0 rings (SSSR count). The second-order valence-corrected chi connectivity index (χ2v) is 20.6. The van der Waals surface area contributed by atoms with E-state index in [1.165, 1.54) is 141 Å². The van der Waals surface area contributed by atoms with Gasteiger partial charge in [0.25, 0.3) is 0 Å². The molecular weight excluding hydrogens is 880 g/mol. The van der Waals surface area contributed by atoms with Gasteiger partial charge in [-0.05, 0) is 51.4 Å². The van der Waals surface area contributed by atoms with Gasteiger partial charge in [0.2, 0.25) is 0 Å². The monoisotopic (exact) mass is 985 g/mol. The lowest BCUT2D eigenvalue weighted by Gasteiger charge is -2.21. The van der Waals surface area contributed by atoms with Crippen LogP contribution in [0.1, 0.15) is 278 Å². The molecule has 0 aromatic carbocycles. The van der Waals surface area contributed by atoms with Crippen molar-refractivity contribution >= 4 is 25.7 Å². The fraction of sp³-hybridized carbons (Fsp3) is 0.875. The Hall–Kier alpha value is -2.04. The van der Waals surface area contributed by atoms with Gasteiger partial charge in [-0.15, -0.1) is 0 Å². The summed E-state index contributed by atoms with van der Waals surface area (Å²) in [6.45, 7) is 4.63. The van der Waals surface area contributed by atoms with E-state index in [9.17, 15) is 28.9 Å². The Balaban J connectivity index is 4.62. The van der Waals surface area contributed by atoms with E-state index in [2.05, 4.69) is 45.1 Å². The number of rotatable bonds is 53. The van der Waals surface area contributed by atoms with Crippen molar-refractivity contribution in [2.75, 3.05) is 26.4 Å². The van der Waals surface area contributed by atoms with Gasteiger partial charge in [-0.2, -0.15) is 0 Å². The lowest BCUT2D eigenvalue weighted by atomic mass is 10.0. The number of phosphoric ester groups is 1. The Kier molecular flexibility index (Phi) is 49.8. The van der Waals surface area contributed by atoms with Crippen LogP contribution in [0.5, 0.6) is 0 Å². The number of hydrogen-bond donors (Lipinski definition) is 2. The van der Waals surface area contributed by atoms with Crippen molar-refractivity contribution in [3.63, 3.8) is 0 Å². The largest absolute Gasteiger partial charge is 0.472 e. The van der Waals surface area contributed by atoms with E-state index in [1.54, 1.807) is 0 Å². The Labute approximate surface area is 417 Å². The molecule has 0 aliphatic heterocycles. The highest BCUT2D eigenvalue weighted by Crippen LogP contribution is 2.43. The van der Waals surface area contributed by atoms with Crippen molar-refractivity contribution in [3.05, 3.63) is 24.3 Å². The van der Waals surface area contributed by atoms with Crippen LogP contribution in [0.4, 0.5) is 0 Å². The van der Waals surface area contributed by atoms with Crippen LogP contribution in [0.25, 0.3) is 0 Å². The Bertz CT molecular complexity index is 1240. The lowest BCUT2D eigenvalue weighted by molar-refractivity contribution is -0.161. The topological polar surface area (TPSA) is 155 Å². The summed E-state index contributed by atoms with van der Waals surface area (Å²) in [5.41, 5.74) is 0. The second kappa shape index (κ2) is 51.3. The number of allylic oxidation sites excluding steroid dienone is 4. The minimum Gasteiger partial charge on any atom is -0.462 e. The summed E-state index contributed by atoms with van der Waals surface area (Å²) >= 11 is 0. The van der Waals surface area contributed by atoms with Gasteiger partial charge in [-0.25, -0.2) is 4.57 Å². The van der Waals surface area contributed by atoms with Gasteiger partial charge in [0.15, 0.2) is 6.10 Å². The van der Waals surface area contributed by atoms with E-state index in [1.807, 2.05) is 0 Å². The van der Waals surface area contributed by atoms with E-state index in [-0.39, 0.29) is 25.9 Å². The number of hydrogen-bond acceptors (Lipinski definition) is 10. The molecule has 11 nitrogen and oxygen atoms in total. The molecule has 0 bridgehead atoms. The Morgan fingerprint density at radius 3 is 1.12 bits per heavy atom. The summed E-state index contributed by atoms with van der Waals surface area (Å²) in [7, 11) is -4.74. The fourth-order valence-electron chi connectivity index (χ4n) is 8.03. The first kappa shape index (κ1) is 66.0. The van der Waals surface area contributed by atoms with Crippen LogP contribution in [0.15, 0.2) is 24.3 Å². The second-order valence-electron chi connectivity index (χ2n) is 19.1. The molecule has 0 aliphatic carbocycles. The smallest absolute Gasteiger partial charge is 0.462 e. The number of ether oxygens (including phenoxy) is 3. The SMILES string of the molecule is CCCCC/C=C\C/C=C\CCCCCCCCCC(=O)OC(COC(=O)CCCCCCCCCCC)COP(=O)(O)OCC(CO)OC(=O)CCCCCCCCCCCCCCCCC. The zero-order valence-electron chi connectivity index (χ0n) is 44.1. The highest BCUT2D eigenvalue weighted by atomic mass is 31.2. The minimum absolute atomic E-state index is 0.164. The average Bonchev–Trinajstić information content (AvgIpc) is 3.32. The van der Waals surface area contributed by atoms with Gasteiger partial charge in [0, 0.05) is 19.3 Å². The van der Waals surface area contributed by atoms with E-state index in [0.717, 1.165) is 77.0 Å². The average molecular weight is 985 g/mol. The zero-order valence-corrected chi connectivity index (χ0v) is 45.0. The number of aliphatic hydroxyl groups is 1. The maximum absolute atomic E-state index is 12.9. The third-order valence-corrected chi connectivity index (χ3v) is 13.3. The maximum atomic E-state index is 12.9. The Morgan fingerprint density at radius 2 is 0.721 bits per heavy atom. The van der Waals surface area contributed by atoms with Crippen molar-refractivity contribution in [3.8, 4) is 0 Å². The van der Waals surface area contributed by atoms with Gasteiger partial charge >= 0.3 is 25.7 Å². The van der Waals surface area contributed by atoms with Gasteiger partial charge in [-0.3, -0.25) is 23.4 Å². The molecule has 2 N–H and O–H groups in total. The van der Waals surface area contributed by atoms with E-state index < -0.39 is 57.8 Å². The summed E-state index contributed by atoms with van der Waals surface area (Å²) in [6, 6.07) is 0. The summed E-state index contributed by atoms with van der Waals surface area (Å²) in [6.07, 6.45) is 50.0. The molecule has 0 aromatic heterocycles. The standard InChI is InChI=1S/C56H105O11P/c1-4-7-10-13-16-19-21-23-25-26-28-30-32-35-38-41-44-47-56(60)67-53(49-63-54(58)45-42-39-36-33-18-15-12-9-6-3)51-65-68(61,62)64-50-52(48-57)66-55(59)46-43-40-37-34-31-29-27-24-22-20-17-14-11-8-5-2/h16,19,23,25,52-53,57H,4-15,17-18,20-22,24,26-51H2,1-3H3,(H,61,62)/b19-16-,25-23-. The van der Waals surface area contributed by atoms with Gasteiger partial charge < -0.3 is 24.2 Å². The maximum Gasteiger partial charge on any atom is 0.472 e. The van der Waals surface area contributed by atoms with E-state index in [0.29, 0.717) is 19.3 Å². The van der Waals surface area contributed by atoms with E-state index in [4.69, 9.17) is 23.3 Å². The van der Waals surface area contributed by atoms with Gasteiger partial charge in [-0.1, -0.05) is 231 Å². The molecule has 0 amide bonds. The Morgan fingerprint density at radius 1 is 0.412 bits per heavy atom. The quantitative estimate of drug-likeness (QED) is 0.0197. The third-order valence-electron chi connectivity index (χ3n) is 12.4. The van der Waals surface area contributed by atoms with Crippen LogP contribution in [-0.2, 0) is 42.2 Å². The molecule has 0 saturated carbocycles. The van der Waals surface area contributed by atoms with Crippen LogP contribution >= 0.6 is 7.82 Å². The molecule has 0 radical (unpaired) electrons. The van der Waals surface area contributed by atoms with Crippen molar-refractivity contribution in [1.82, 2.24) is 0 Å². The first-order chi connectivity index (χ1) is 33.2. The molecule has 400 valence electrons. The summed E-state index contributed by atoms with van der Waals surface area (Å²) < 4.78 is 39.4. The third kappa shape index (κ3) is 49.0. The molecule has 12 heteroatoms. The summed E-state index contributed by atoms with van der Waals surface area (Å²) in [5, 5.41) is 9.79. The minimum atomic E-state index is -4.74. The summed E-state index contributed by atoms with van der Waals surface area (Å²) in [5.74, 6) is -1.45. The molecule has 0 saturated heterocycles. The highest BCUT2D eigenvalue weighted by Gasteiger charge is 2.28. The molecule has 0 spiro atoms. The molecule has 0 aliphatic rings. The van der Waals surface area contributed by atoms with Gasteiger partial charge in [0.05, 0.1) is 19.8 Å². The van der Waals surface area contributed by atoms with Crippen LogP contribution in [0.2, 0.25) is 0 Å². The first-order valence-corrected chi connectivity index (χ1v) is 29.7. The van der Waals surface area contributed by atoms with Crippen molar-refractivity contribution < 1.29 is 52.2 Å². The predicted molar refractivity (Wildman–Crippen MR) is 280 cm³/mol. The fourth-order valence-corrected chi connectivity index (χ4v) is 8.82. The van der Waals surface area contributed by atoms with Crippen molar-refractivity contribution in [1.29, 1.82) is 0 Å². The number of unbranched alkanes of at least 4 members (excludes halogenated alkanes) is 32. The van der Waals surface area contributed by atoms with E-state index >= 15 is 0 Å². The molecule has 0 aromatic rings. The number of esters is 3. The van der Waals surface area contributed by atoms with Crippen LogP contribution in [0.3, 0.4) is 0 Å². The number of phosphoric acid groups is 1.